The first-order chi connectivity index (χ1) is 9.16. The highest BCUT2D eigenvalue weighted by molar-refractivity contribution is 6.31. The monoisotopic (exact) mass is 276 g/mol. The minimum Gasteiger partial charge on any atom is -0.379 e. The van der Waals surface area contributed by atoms with Gasteiger partial charge in [0.25, 0.3) is 0 Å². The van der Waals surface area contributed by atoms with E-state index >= 15 is 0 Å². The number of aromatic nitrogens is 2. The fourth-order valence-electron chi connectivity index (χ4n) is 2.99. The summed E-state index contributed by atoms with van der Waals surface area (Å²) in [4.78, 5) is 0. The first-order valence-electron chi connectivity index (χ1n) is 6.69. The molecule has 1 unspecified atom stereocenters. The third-order valence-corrected chi connectivity index (χ3v) is 4.12. The highest BCUT2D eigenvalue weighted by Crippen LogP contribution is 2.44. The van der Waals surface area contributed by atoms with Crippen LogP contribution in [0.15, 0.2) is 30.5 Å². The van der Waals surface area contributed by atoms with Gasteiger partial charge in [-0.25, -0.2) is 0 Å². The molecule has 0 fully saturated rings. The van der Waals surface area contributed by atoms with E-state index in [1.54, 1.807) is 6.20 Å². The van der Waals surface area contributed by atoms with Crippen LogP contribution in [0, 0.1) is 0 Å². The first kappa shape index (κ1) is 12.7. The van der Waals surface area contributed by atoms with Gasteiger partial charge in [0.2, 0.25) is 0 Å². The van der Waals surface area contributed by atoms with Crippen LogP contribution in [-0.2, 0) is 18.6 Å². The maximum atomic E-state index is 11.1. The van der Waals surface area contributed by atoms with Gasteiger partial charge in [-0.2, -0.15) is 5.10 Å². The van der Waals surface area contributed by atoms with E-state index in [4.69, 9.17) is 11.6 Å². The molecule has 2 aromatic rings. The zero-order valence-electron chi connectivity index (χ0n) is 10.9. The van der Waals surface area contributed by atoms with Gasteiger partial charge in [0.05, 0.1) is 16.9 Å². The van der Waals surface area contributed by atoms with Gasteiger partial charge in [-0.15, -0.1) is 0 Å². The number of nitrogens with zero attached hydrogens (tertiary/aromatic N) is 2. The van der Waals surface area contributed by atoms with Crippen molar-refractivity contribution in [2.24, 2.45) is 0 Å². The average molecular weight is 277 g/mol. The SMILES string of the molecule is CCCn1ncc(Cl)c1C1(O)CCc2ccccc21. The first-order valence-corrected chi connectivity index (χ1v) is 7.07. The Morgan fingerprint density at radius 2 is 2.21 bits per heavy atom. The van der Waals surface area contributed by atoms with Crippen LogP contribution in [0.5, 0.6) is 0 Å². The van der Waals surface area contributed by atoms with E-state index in [-0.39, 0.29) is 0 Å². The summed E-state index contributed by atoms with van der Waals surface area (Å²) in [6, 6.07) is 8.03. The maximum absolute atomic E-state index is 11.1. The van der Waals surface area contributed by atoms with Crippen LogP contribution < -0.4 is 0 Å². The van der Waals surface area contributed by atoms with Crippen molar-refractivity contribution in [1.29, 1.82) is 0 Å². The van der Waals surface area contributed by atoms with E-state index in [1.165, 1.54) is 5.56 Å². The normalized spacial score (nSPS) is 21.6. The second-order valence-electron chi connectivity index (χ2n) is 5.08. The number of rotatable bonds is 3. The molecule has 1 heterocycles. The summed E-state index contributed by atoms with van der Waals surface area (Å²) in [5.41, 5.74) is 1.90. The van der Waals surface area contributed by atoms with Crippen molar-refractivity contribution in [3.05, 3.63) is 52.3 Å². The zero-order chi connectivity index (χ0) is 13.5. The molecule has 1 aromatic heterocycles. The number of fused-ring (bicyclic) bond motifs is 1. The number of benzene rings is 1. The molecule has 0 bridgehead atoms. The summed E-state index contributed by atoms with van der Waals surface area (Å²) in [5, 5.41) is 16.0. The Balaban J connectivity index is 2.15. The highest BCUT2D eigenvalue weighted by Gasteiger charge is 2.42. The van der Waals surface area contributed by atoms with Crippen LogP contribution in [0.4, 0.5) is 0 Å². The van der Waals surface area contributed by atoms with Crippen LogP contribution in [0.2, 0.25) is 5.02 Å². The topological polar surface area (TPSA) is 38.0 Å². The molecule has 19 heavy (non-hydrogen) atoms. The largest absolute Gasteiger partial charge is 0.379 e. The Kier molecular flexibility index (Phi) is 3.11. The van der Waals surface area contributed by atoms with E-state index in [0.717, 1.165) is 30.6 Å². The summed E-state index contributed by atoms with van der Waals surface area (Å²) in [7, 11) is 0. The van der Waals surface area contributed by atoms with Crippen molar-refractivity contribution >= 4 is 11.6 Å². The van der Waals surface area contributed by atoms with Crippen molar-refractivity contribution in [1.82, 2.24) is 9.78 Å². The molecule has 100 valence electrons. The fraction of sp³-hybridized carbons (Fsp3) is 0.400. The lowest BCUT2D eigenvalue weighted by atomic mass is 9.92. The molecule has 0 saturated carbocycles. The molecule has 0 aliphatic heterocycles. The minimum atomic E-state index is -1.00. The van der Waals surface area contributed by atoms with E-state index in [1.807, 2.05) is 22.9 Å². The van der Waals surface area contributed by atoms with Gasteiger partial charge in [0.15, 0.2) is 0 Å². The van der Waals surface area contributed by atoms with Crippen LogP contribution in [0.3, 0.4) is 0 Å². The standard InChI is InChI=1S/C15H17ClN2O/c1-2-9-18-14(13(16)10-17-18)15(19)8-7-11-5-3-4-6-12(11)15/h3-6,10,19H,2,7-9H2,1H3. The molecule has 4 heteroatoms. The van der Waals surface area contributed by atoms with Crippen molar-refractivity contribution < 1.29 is 5.11 Å². The van der Waals surface area contributed by atoms with Gasteiger partial charge in [-0.05, 0) is 30.4 Å². The highest BCUT2D eigenvalue weighted by atomic mass is 35.5. The second-order valence-corrected chi connectivity index (χ2v) is 5.49. The third-order valence-electron chi connectivity index (χ3n) is 3.84. The fourth-order valence-corrected chi connectivity index (χ4v) is 3.29. The van der Waals surface area contributed by atoms with E-state index in [0.29, 0.717) is 11.4 Å². The molecule has 0 amide bonds. The molecule has 0 radical (unpaired) electrons. The number of aliphatic hydroxyl groups is 1. The Hall–Kier alpha value is -1.32. The van der Waals surface area contributed by atoms with E-state index < -0.39 is 5.60 Å². The second kappa shape index (κ2) is 4.66. The molecule has 0 saturated heterocycles. The quantitative estimate of drug-likeness (QED) is 0.935. The maximum Gasteiger partial charge on any atom is 0.133 e. The third kappa shape index (κ3) is 1.88. The lowest BCUT2D eigenvalue weighted by Crippen LogP contribution is -2.28. The van der Waals surface area contributed by atoms with Crippen LogP contribution in [-0.4, -0.2) is 14.9 Å². The summed E-state index contributed by atoms with van der Waals surface area (Å²) in [5.74, 6) is 0. The lowest BCUT2D eigenvalue weighted by molar-refractivity contribution is 0.0727. The molecule has 1 atom stereocenters. The van der Waals surface area contributed by atoms with Gasteiger partial charge < -0.3 is 5.11 Å². The Morgan fingerprint density at radius 1 is 1.42 bits per heavy atom. The van der Waals surface area contributed by atoms with Crippen LogP contribution in [0.1, 0.15) is 36.6 Å². The van der Waals surface area contributed by atoms with Gasteiger partial charge in [-0.3, -0.25) is 4.68 Å². The molecule has 3 rings (SSSR count). The van der Waals surface area contributed by atoms with Gasteiger partial charge in [-0.1, -0.05) is 42.8 Å². The van der Waals surface area contributed by atoms with Gasteiger partial charge >= 0.3 is 0 Å². The number of hydrogen-bond acceptors (Lipinski definition) is 2. The van der Waals surface area contributed by atoms with E-state index in [9.17, 15) is 5.11 Å². The number of hydrogen-bond donors (Lipinski definition) is 1. The summed E-state index contributed by atoms with van der Waals surface area (Å²) in [6.07, 6.45) is 4.13. The van der Waals surface area contributed by atoms with Crippen molar-refractivity contribution in [2.75, 3.05) is 0 Å². The van der Waals surface area contributed by atoms with Crippen LogP contribution >= 0.6 is 11.6 Å². The molecule has 3 nitrogen and oxygen atoms in total. The van der Waals surface area contributed by atoms with Gasteiger partial charge in [0, 0.05) is 6.54 Å². The van der Waals surface area contributed by atoms with E-state index in [2.05, 4.69) is 18.1 Å². The molecule has 1 aliphatic carbocycles. The zero-order valence-corrected chi connectivity index (χ0v) is 11.7. The van der Waals surface area contributed by atoms with Gasteiger partial charge in [0.1, 0.15) is 5.60 Å². The molecular weight excluding hydrogens is 260 g/mol. The summed E-state index contributed by atoms with van der Waals surface area (Å²) in [6.45, 7) is 2.86. The molecule has 1 aromatic carbocycles. The Labute approximate surface area is 117 Å². The predicted octanol–water partition coefficient (Wildman–Crippen LogP) is 3.13. The van der Waals surface area contributed by atoms with Crippen molar-refractivity contribution in [3.8, 4) is 0 Å². The average Bonchev–Trinajstić information content (AvgIpc) is 2.94. The van der Waals surface area contributed by atoms with Crippen LogP contribution in [0.25, 0.3) is 0 Å². The summed E-state index contributed by atoms with van der Waals surface area (Å²) < 4.78 is 1.84. The smallest absolute Gasteiger partial charge is 0.133 e. The molecule has 0 spiro atoms. The van der Waals surface area contributed by atoms with Crippen molar-refractivity contribution in [3.63, 3.8) is 0 Å². The molecule has 1 aliphatic rings. The minimum absolute atomic E-state index is 0.549. The summed E-state index contributed by atoms with van der Waals surface area (Å²) >= 11 is 6.27. The van der Waals surface area contributed by atoms with Crippen molar-refractivity contribution in [2.45, 2.75) is 38.3 Å². The number of aryl methyl sites for hydroxylation is 2. The lowest BCUT2D eigenvalue weighted by Gasteiger charge is -2.25. The predicted molar refractivity (Wildman–Crippen MR) is 75.3 cm³/mol. The Bertz CT molecular complexity index is 608. The Morgan fingerprint density at radius 3 is 3.00 bits per heavy atom. The molecular formula is C15H17ClN2O. The number of halogens is 1. The molecule has 1 N–H and O–H groups in total.